The number of hydrogen-bond donors (Lipinski definition) is 2. The molecule has 0 aliphatic rings. The van der Waals surface area contributed by atoms with Gasteiger partial charge < -0.3 is 14.1 Å². The third-order valence-electron chi connectivity index (χ3n) is 6.83. The van der Waals surface area contributed by atoms with Gasteiger partial charge in [0.1, 0.15) is 17.4 Å². The molecule has 5 aromatic rings. The predicted molar refractivity (Wildman–Crippen MR) is 154 cm³/mol. The molecule has 1 atom stereocenters. The van der Waals surface area contributed by atoms with Crippen LogP contribution in [0, 0.1) is 6.92 Å². The van der Waals surface area contributed by atoms with Crippen LogP contribution in [0.4, 0.5) is 0 Å². The van der Waals surface area contributed by atoms with Crippen molar-refractivity contribution in [3.05, 3.63) is 106 Å². The number of aromatic amines is 1. The largest absolute Gasteiger partial charge is 0.425 e. The lowest BCUT2D eigenvalue weighted by atomic mass is 10.0. The Morgan fingerprint density at radius 2 is 1.77 bits per heavy atom. The number of carbonyl (C=O) groups is 1. The van der Waals surface area contributed by atoms with E-state index in [1.807, 2.05) is 31.2 Å². The predicted octanol–water partition coefficient (Wildman–Crippen LogP) is 5.42. The first-order valence-electron chi connectivity index (χ1n) is 13.2. The van der Waals surface area contributed by atoms with Gasteiger partial charge in [0.25, 0.3) is 0 Å². The Kier molecular flexibility index (Phi) is 7.86. The number of aryl methyl sites for hydroxylation is 2. The summed E-state index contributed by atoms with van der Waals surface area (Å²) in [4.78, 5) is 28.9. The molecule has 8 nitrogen and oxygen atoms in total. The molecule has 0 bridgehead atoms. The highest BCUT2D eigenvalue weighted by molar-refractivity contribution is 7.89. The van der Waals surface area contributed by atoms with Gasteiger partial charge in [0.2, 0.25) is 10.0 Å². The minimum absolute atomic E-state index is 0.0434. The van der Waals surface area contributed by atoms with Gasteiger partial charge in [-0.25, -0.2) is 18.0 Å². The van der Waals surface area contributed by atoms with Crippen molar-refractivity contribution < 1.29 is 22.4 Å². The number of para-hydroxylation sites is 1. The molecule has 206 valence electrons. The Labute approximate surface area is 232 Å². The molecule has 2 N–H and O–H groups in total. The van der Waals surface area contributed by atoms with E-state index in [-0.39, 0.29) is 17.1 Å². The zero-order valence-electron chi connectivity index (χ0n) is 22.3. The van der Waals surface area contributed by atoms with E-state index in [2.05, 4.69) is 16.6 Å². The average molecular weight is 559 g/mol. The molecule has 0 amide bonds. The molecule has 2 heterocycles. The highest BCUT2D eigenvalue weighted by Gasteiger charge is 2.29. The SMILES string of the molecule is CCCCc1cc(=O)oc2cc(OC(=O)C(Cc3c[nH]c4ccccc34)NS(=O)(=O)c3ccc(C)cc3)ccc12. The molecule has 5 rings (SSSR count). The molecule has 0 aliphatic carbocycles. The van der Waals surface area contributed by atoms with E-state index in [4.69, 9.17) is 9.15 Å². The molecule has 0 spiro atoms. The highest BCUT2D eigenvalue weighted by atomic mass is 32.2. The van der Waals surface area contributed by atoms with Gasteiger partial charge in [0.05, 0.1) is 4.90 Å². The maximum absolute atomic E-state index is 13.5. The number of benzene rings is 3. The summed E-state index contributed by atoms with van der Waals surface area (Å²) in [5, 5.41) is 1.64. The smallest absolute Gasteiger partial charge is 0.336 e. The van der Waals surface area contributed by atoms with Crippen LogP contribution in [-0.4, -0.2) is 25.4 Å². The van der Waals surface area contributed by atoms with Crippen LogP contribution < -0.4 is 15.1 Å². The molecular weight excluding hydrogens is 528 g/mol. The summed E-state index contributed by atoms with van der Waals surface area (Å²) in [6.07, 6.45) is 4.44. The summed E-state index contributed by atoms with van der Waals surface area (Å²) in [5.74, 6) is -0.642. The van der Waals surface area contributed by atoms with E-state index >= 15 is 0 Å². The Morgan fingerprint density at radius 1 is 1.00 bits per heavy atom. The fraction of sp³-hybridized carbons (Fsp3) is 0.226. The summed E-state index contributed by atoms with van der Waals surface area (Å²) in [6, 6.07) is 19.1. The molecule has 9 heteroatoms. The lowest BCUT2D eigenvalue weighted by Crippen LogP contribution is -2.44. The second-order valence-electron chi connectivity index (χ2n) is 9.82. The number of unbranched alkanes of at least 4 members (excludes halogenated alkanes) is 1. The fourth-order valence-corrected chi connectivity index (χ4v) is 5.89. The van der Waals surface area contributed by atoms with Gasteiger partial charge in [-0.1, -0.05) is 49.2 Å². The van der Waals surface area contributed by atoms with Crippen molar-refractivity contribution >= 4 is 37.9 Å². The molecule has 0 fully saturated rings. The van der Waals surface area contributed by atoms with Crippen LogP contribution in [0.15, 0.2) is 93.1 Å². The second-order valence-corrected chi connectivity index (χ2v) is 11.5. The summed E-state index contributed by atoms with van der Waals surface area (Å²) in [7, 11) is -4.05. The van der Waals surface area contributed by atoms with E-state index < -0.39 is 27.7 Å². The summed E-state index contributed by atoms with van der Waals surface area (Å²) in [6.45, 7) is 3.93. The number of H-pyrrole nitrogens is 1. The quantitative estimate of drug-likeness (QED) is 0.134. The van der Waals surface area contributed by atoms with Gasteiger partial charge in [0.15, 0.2) is 0 Å². The summed E-state index contributed by atoms with van der Waals surface area (Å²) >= 11 is 0. The first-order valence-corrected chi connectivity index (χ1v) is 14.6. The number of fused-ring (bicyclic) bond motifs is 2. The van der Waals surface area contributed by atoms with Gasteiger partial charge in [-0.05, 0) is 61.2 Å². The molecule has 0 saturated carbocycles. The number of aromatic nitrogens is 1. The molecule has 0 radical (unpaired) electrons. The van der Waals surface area contributed by atoms with E-state index in [0.29, 0.717) is 5.58 Å². The summed E-state index contributed by atoms with van der Waals surface area (Å²) in [5.41, 5.74) is 3.23. The molecule has 0 saturated heterocycles. The zero-order chi connectivity index (χ0) is 28.3. The van der Waals surface area contributed by atoms with E-state index in [1.54, 1.807) is 30.5 Å². The van der Waals surface area contributed by atoms with Crippen molar-refractivity contribution in [1.29, 1.82) is 0 Å². The minimum atomic E-state index is -4.05. The van der Waals surface area contributed by atoms with Crippen LogP contribution in [0.1, 0.15) is 36.5 Å². The second kappa shape index (κ2) is 11.5. The topological polar surface area (TPSA) is 118 Å². The number of sulfonamides is 1. The van der Waals surface area contributed by atoms with Crippen molar-refractivity contribution in [3.8, 4) is 5.75 Å². The van der Waals surface area contributed by atoms with Crippen LogP contribution in [0.2, 0.25) is 0 Å². The van der Waals surface area contributed by atoms with Gasteiger partial charge in [-0.3, -0.25) is 0 Å². The average Bonchev–Trinajstić information content (AvgIpc) is 3.34. The molecule has 3 aromatic carbocycles. The van der Waals surface area contributed by atoms with Crippen LogP contribution >= 0.6 is 0 Å². The lowest BCUT2D eigenvalue weighted by Gasteiger charge is -2.18. The molecule has 40 heavy (non-hydrogen) atoms. The normalized spacial score (nSPS) is 12.6. The van der Waals surface area contributed by atoms with E-state index in [0.717, 1.165) is 52.2 Å². The Balaban J connectivity index is 1.46. The standard InChI is InChI=1S/C31H30N2O6S/c1-3-4-7-21-17-30(34)39-29-18-23(12-15-26(21)29)38-31(35)28(16-22-19-32-27-9-6-5-8-25(22)27)33-40(36,37)24-13-10-20(2)11-14-24/h5-6,8-15,17-19,28,32-33H,3-4,7,16H2,1-2H3. The number of nitrogens with one attached hydrogen (secondary N) is 2. The number of rotatable bonds is 10. The van der Waals surface area contributed by atoms with Crippen molar-refractivity contribution in [2.45, 2.75) is 50.5 Å². The van der Waals surface area contributed by atoms with Crippen molar-refractivity contribution in [1.82, 2.24) is 9.71 Å². The van der Waals surface area contributed by atoms with Crippen molar-refractivity contribution in [2.75, 3.05) is 0 Å². The van der Waals surface area contributed by atoms with Gasteiger partial charge in [0, 0.05) is 41.0 Å². The van der Waals surface area contributed by atoms with Crippen LogP contribution in [-0.2, 0) is 27.7 Å². The molecule has 1 unspecified atom stereocenters. The Hall–Kier alpha value is -4.21. The van der Waals surface area contributed by atoms with Gasteiger partial charge in [-0.15, -0.1) is 0 Å². The van der Waals surface area contributed by atoms with Gasteiger partial charge >= 0.3 is 11.6 Å². The van der Waals surface area contributed by atoms with Crippen LogP contribution in [0.25, 0.3) is 21.9 Å². The number of ether oxygens (including phenoxy) is 1. The summed E-state index contributed by atoms with van der Waals surface area (Å²) < 4.78 is 40.1. The third kappa shape index (κ3) is 6.00. The van der Waals surface area contributed by atoms with E-state index in [9.17, 15) is 18.0 Å². The lowest BCUT2D eigenvalue weighted by molar-refractivity contribution is -0.136. The minimum Gasteiger partial charge on any atom is -0.425 e. The Morgan fingerprint density at radius 3 is 2.55 bits per heavy atom. The molecule has 0 aliphatic heterocycles. The van der Waals surface area contributed by atoms with Crippen molar-refractivity contribution in [3.63, 3.8) is 0 Å². The molecular formula is C31H30N2O6S. The number of esters is 1. The zero-order valence-corrected chi connectivity index (χ0v) is 23.1. The van der Waals surface area contributed by atoms with Crippen LogP contribution in [0.3, 0.4) is 0 Å². The highest BCUT2D eigenvalue weighted by Crippen LogP contribution is 2.25. The maximum Gasteiger partial charge on any atom is 0.336 e. The van der Waals surface area contributed by atoms with Gasteiger partial charge in [-0.2, -0.15) is 4.72 Å². The van der Waals surface area contributed by atoms with E-state index in [1.165, 1.54) is 24.3 Å². The number of hydrogen-bond acceptors (Lipinski definition) is 6. The maximum atomic E-state index is 13.5. The fourth-order valence-electron chi connectivity index (χ4n) is 4.70. The first kappa shape index (κ1) is 27.4. The van der Waals surface area contributed by atoms with Crippen LogP contribution in [0.5, 0.6) is 5.75 Å². The Bertz CT molecular complexity index is 1840. The van der Waals surface area contributed by atoms with Crippen molar-refractivity contribution in [2.24, 2.45) is 0 Å². The first-order chi connectivity index (χ1) is 19.2. The monoisotopic (exact) mass is 558 g/mol. The molecule has 2 aromatic heterocycles. The third-order valence-corrected chi connectivity index (χ3v) is 8.32. The number of carbonyl (C=O) groups excluding carboxylic acids is 1.